The highest BCUT2D eigenvalue weighted by Crippen LogP contribution is 2.30. The maximum absolute atomic E-state index is 13.7. The molecule has 7 nitrogen and oxygen atoms in total. The lowest BCUT2D eigenvalue weighted by Gasteiger charge is -2.40. The fourth-order valence-electron chi connectivity index (χ4n) is 4.50. The van der Waals surface area contributed by atoms with Crippen LogP contribution in [0.3, 0.4) is 0 Å². The van der Waals surface area contributed by atoms with Gasteiger partial charge in [0.15, 0.2) is 5.82 Å². The predicted molar refractivity (Wildman–Crippen MR) is 128 cm³/mol. The molecule has 0 bridgehead atoms. The van der Waals surface area contributed by atoms with Gasteiger partial charge in [-0.3, -0.25) is 4.90 Å². The third kappa shape index (κ3) is 5.14. The Bertz CT molecular complexity index is 1250. The second-order valence-electron chi connectivity index (χ2n) is 8.50. The Morgan fingerprint density at radius 2 is 1.57 bits per heavy atom. The zero-order chi connectivity index (χ0) is 24.2. The number of tetrazole rings is 1. The molecule has 35 heavy (non-hydrogen) atoms. The smallest absolute Gasteiger partial charge is 0.173 e. The molecule has 9 heteroatoms. The number of nitrogens with zero attached hydrogens (tertiary/aromatic N) is 6. The summed E-state index contributed by atoms with van der Waals surface area (Å²) in [6.45, 7) is 3.56. The van der Waals surface area contributed by atoms with Crippen molar-refractivity contribution in [3.8, 4) is 5.75 Å². The Morgan fingerprint density at radius 3 is 2.26 bits per heavy atom. The van der Waals surface area contributed by atoms with E-state index in [1.165, 1.54) is 24.3 Å². The van der Waals surface area contributed by atoms with Gasteiger partial charge >= 0.3 is 0 Å². The van der Waals surface area contributed by atoms with E-state index < -0.39 is 0 Å². The molecule has 0 unspecified atom stereocenters. The van der Waals surface area contributed by atoms with Gasteiger partial charge in [0.05, 0.1) is 19.7 Å². The molecule has 1 saturated heterocycles. The van der Waals surface area contributed by atoms with Crippen LogP contribution >= 0.6 is 0 Å². The minimum atomic E-state index is -0.291. The van der Waals surface area contributed by atoms with Gasteiger partial charge in [-0.15, -0.1) is 5.10 Å². The maximum atomic E-state index is 13.7. The topological polar surface area (TPSA) is 59.3 Å². The first-order chi connectivity index (χ1) is 17.1. The third-order valence-corrected chi connectivity index (χ3v) is 6.33. The summed E-state index contributed by atoms with van der Waals surface area (Å²) in [5.41, 5.74) is 2.92. The molecule has 0 N–H and O–H groups in total. The highest BCUT2D eigenvalue weighted by atomic mass is 19.1. The van der Waals surface area contributed by atoms with Crippen molar-refractivity contribution in [2.24, 2.45) is 0 Å². The van der Waals surface area contributed by atoms with E-state index >= 15 is 0 Å². The molecule has 0 radical (unpaired) electrons. The Balaban J connectivity index is 1.41. The number of hydrogen-bond acceptors (Lipinski definition) is 6. The second kappa shape index (κ2) is 10.2. The molecule has 1 atom stereocenters. The van der Waals surface area contributed by atoms with E-state index in [1.54, 1.807) is 36.1 Å². The average molecular weight is 477 g/mol. The Kier molecular flexibility index (Phi) is 6.67. The fraction of sp³-hybridized carbons (Fsp3) is 0.269. The largest absolute Gasteiger partial charge is 0.497 e. The summed E-state index contributed by atoms with van der Waals surface area (Å²) in [7, 11) is 1.67. The van der Waals surface area contributed by atoms with Crippen molar-refractivity contribution in [3.05, 3.63) is 101 Å². The molecule has 1 fully saturated rings. The van der Waals surface area contributed by atoms with Crippen LogP contribution in [-0.2, 0) is 6.54 Å². The van der Waals surface area contributed by atoms with Crippen molar-refractivity contribution >= 4 is 5.69 Å². The van der Waals surface area contributed by atoms with Crippen molar-refractivity contribution in [2.45, 2.75) is 12.6 Å². The molecular weight excluding hydrogens is 450 g/mol. The van der Waals surface area contributed by atoms with Gasteiger partial charge in [0.1, 0.15) is 17.4 Å². The van der Waals surface area contributed by atoms with Crippen molar-refractivity contribution < 1.29 is 13.5 Å². The number of benzene rings is 3. The molecule has 180 valence electrons. The number of halogens is 2. The summed E-state index contributed by atoms with van der Waals surface area (Å²) in [4.78, 5) is 4.64. The molecule has 1 aliphatic rings. The number of anilines is 1. The molecule has 5 rings (SSSR count). The van der Waals surface area contributed by atoms with Crippen molar-refractivity contribution in [2.75, 3.05) is 38.2 Å². The molecule has 2 heterocycles. The highest BCUT2D eigenvalue weighted by molar-refractivity contribution is 5.51. The van der Waals surface area contributed by atoms with E-state index in [0.717, 1.165) is 48.7 Å². The van der Waals surface area contributed by atoms with Gasteiger partial charge in [0.25, 0.3) is 0 Å². The first-order valence-corrected chi connectivity index (χ1v) is 11.5. The molecule has 0 aliphatic carbocycles. The summed E-state index contributed by atoms with van der Waals surface area (Å²) in [5.74, 6) is 0.912. The molecular formula is C26H26F2N6O. The van der Waals surface area contributed by atoms with Crippen LogP contribution < -0.4 is 9.64 Å². The molecule has 0 amide bonds. The maximum Gasteiger partial charge on any atom is 0.173 e. The van der Waals surface area contributed by atoms with E-state index in [2.05, 4.69) is 31.4 Å². The van der Waals surface area contributed by atoms with Gasteiger partial charge in [-0.1, -0.05) is 30.3 Å². The van der Waals surface area contributed by atoms with Crippen LogP contribution in [-0.4, -0.2) is 58.4 Å². The van der Waals surface area contributed by atoms with Gasteiger partial charge in [-0.25, -0.2) is 13.5 Å². The van der Waals surface area contributed by atoms with Crippen LogP contribution in [0.25, 0.3) is 0 Å². The summed E-state index contributed by atoms with van der Waals surface area (Å²) >= 11 is 0. The predicted octanol–water partition coefficient (Wildman–Crippen LogP) is 3.92. The van der Waals surface area contributed by atoms with Crippen LogP contribution in [0.5, 0.6) is 5.75 Å². The molecule has 0 saturated carbocycles. The minimum absolute atomic E-state index is 0.251. The molecule has 1 aliphatic heterocycles. The number of rotatable bonds is 7. The van der Waals surface area contributed by atoms with Crippen LogP contribution in [0, 0.1) is 11.6 Å². The Morgan fingerprint density at radius 1 is 0.886 bits per heavy atom. The lowest BCUT2D eigenvalue weighted by Crippen LogP contribution is -2.48. The summed E-state index contributed by atoms with van der Waals surface area (Å²) < 4.78 is 34.2. The summed E-state index contributed by atoms with van der Waals surface area (Å²) in [6, 6.07) is 20.6. The van der Waals surface area contributed by atoms with Crippen LogP contribution in [0.4, 0.5) is 14.5 Å². The quantitative estimate of drug-likeness (QED) is 0.403. The standard InChI is InChI=1S/C26H26F2N6O/c1-35-24-4-2-3-23(17-24)32-13-15-33(16-14-32)25(20-7-11-22(28)12-8-20)26-29-30-31-34(26)18-19-5-9-21(27)10-6-19/h2-12,17,25H,13-16,18H2,1H3/t25-/m0/s1. The van der Waals surface area contributed by atoms with E-state index in [0.29, 0.717) is 12.4 Å². The zero-order valence-corrected chi connectivity index (χ0v) is 19.4. The normalized spacial score (nSPS) is 15.2. The Labute approximate surface area is 202 Å². The van der Waals surface area contributed by atoms with Crippen LogP contribution in [0.15, 0.2) is 72.8 Å². The molecule has 1 aromatic heterocycles. The number of methoxy groups -OCH3 is 1. The molecule has 4 aromatic rings. The fourth-order valence-corrected chi connectivity index (χ4v) is 4.50. The van der Waals surface area contributed by atoms with Crippen LogP contribution in [0.2, 0.25) is 0 Å². The number of ether oxygens (including phenoxy) is 1. The monoisotopic (exact) mass is 476 g/mol. The van der Waals surface area contributed by atoms with Gasteiger partial charge in [-0.05, 0) is 58.0 Å². The lowest BCUT2D eigenvalue weighted by atomic mass is 10.0. The molecule has 0 spiro atoms. The van der Waals surface area contributed by atoms with Gasteiger partial charge in [0.2, 0.25) is 0 Å². The van der Waals surface area contributed by atoms with Gasteiger partial charge in [-0.2, -0.15) is 0 Å². The van der Waals surface area contributed by atoms with Crippen LogP contribution in [0.1, 0.15) is 23.0 Å². The first-order valence-electron chi connectivity index (χ1n) is 11.5. The van der Waals surface area contributed by atoms with Gasteiger partial charge < -0.3 is 9.64 Å². The number of piperazine rings is 1. The van der Waals surface area contributed by atoms with E-state index in [4.69, 9.17) is 4.74 Å². The van der Waals surface area contributed by atoms with E-state index in [-0.39, 0.29) is 17.7 Å². The minimum Gasteiger partial charge on any atom is -0.497 e. The van der Waals surface area contributed by atoms with Crippen molar-refractivity contribution in [1.29, 1.82) is 0 Å². The zero-order valence-electron chi connectivity index (χ0n) is 19.4. The number of aromatic nitrogens is 4. The Hall–Kier alpha value is -3.85. The second-order valence-corrected chi connectivity index (χ2v) is 8.50. The van der Waals surface area contributed by atoms with Crippen molar-refractivity contribution in [3.63, 3.8) is 0 Å². The third-order valence-electron chi connectivity index (χ3n) is 6.33. The first kappa shape index (κ1) is 22.9. The number of hydrogen-bond donors (Lipinski definition) is 0. The van der Waals surface area contributed by atoms with Gasteiger partial charge in [0, 0.05) is 37.9 Å². The molecule has 3 aromatic carbocycles. The van der Waals surface area contributed by atoms with E-state index in [1.807, 2.05) is 18.2 Å². The summed E-state index contributed by atoms with van der Waals surface area (Å²) in [5, 5.41) is 12.5. The summed E-state index contributed by atoms with van der Waals surface area (Å²) in [6.07, 6.45) is 0. The lowest BCUT2D eigenvalue weighted by molar-refractivity contribution is 0.201. The SMILES string of the molecule is COc1cccc(N2CCN([C@@H](c3ccc(F)cc3)c3nnnn3Cc3ccc(F)cc3)CC2)c1. The average Bonchev–Trinajstić information content (AvgIpc) is 3.34. The highest BCUT2D eigenvalue weighted by Gasteiger charge is 2.31. The van der Waals surface area contributed by atoms with E-state index in [9.17, 15) is 8.78 Å². The van der Waals surface area contributed by atoms with Crippen molar-refractivity contribution in [1.82, 2.24) is 25.1 Å².